The summed E-state index contributed by atoms with van der Waals surface area (Å²) in [6.07, 6.45) is 0. The number of nitrogens with one attached hydrogen (secondary N) is 1. The average molecular weight is 469 g/mol. The predicted octanol–water partition coefficient (Wildman–Crippen LogP) is 5.17. The van der Waals surface area contributed by atoms with Crippen molar-refractivity contribution in [3.8, 4) is 23.0 Å². The smallest absolute Gasteiger partial charge is 0.234 e. The molecule has 0 saturated carbocycles. The summed E-state index contributed by atoms with van der Waals surface area (Å²) in [6, 6.07) is 20.5. The second-order valence-corrected chi connectivity index (χ2v) is 9.26. The second-order valence-electron chi connectivity index (χ2n) is 6.99. The number of halogens is 1. The lowest BCUT2D eigenvalue weighted by Gasteiger charge is -2.07. The number of aromatic nitrogens is 1. The molecule has 0 atom stereocenters. The first-order valence-corrected chi connectivity index (χ1v) is 11.6. The van der Waals surface area contributed by atoms with Gasteiger partial charge in [-0.05, 0) is 42.0 Å². The highest BCUT2D eigenvalue weighted by molar-refractivity contribution is 7.91. The molecule has 2 heterocycles. The van der Waals surface area contributed by atoms with Crippen molar-refractivity contribution in [3.05, 3.63) is 83.4 Å². The summed E-state index contributed by atoms with van der Waals surface area (Å²) in [4.78, 5) is 4.43. The van der Waals surface area contributed by atoms with Crippen molar-refractivity contribution in [1.82, 2.24) is 4.98 Å². The summed E-state index contributed by atoms with van der Waals surface area (Å²) in [6.45, 7) is 0.458. The van der Waals surface area contributed by atoms with Gasteiger partial charge < -0.3 is 19.2 Å². The van der Waals surface area contributed by atoms with Gasteiger partial charge in [0.2, 0.25) is 33.4 Å². The van der Waals surface area contributed by atoms with Gasteiger partial charge in [-0.1, -0.05) is 48.0 Å². The Morgan fingerprint density at radius 2 is 1.69 bits per heavy atom. The number of fused-ring (bicyclic) bond motifs is 1. The number of sulfone groups is 1. The fourth-order valence-corrected chi connectivity index (χ4v) is 4.81. The SMILES string of the molecule is O=S(=O)(c1ccccc1)c1nc(-c2ccccc2Cl)oc1NCc1ccc2c(c1)OCO2. The zero-order valence-corrected chi connectivity index (χ0v) is 18.2. The second kappa shape index (κ2) is 8.22. The Morgan fingerprint density at radius 3 is 2.50 bits per heavy atom. The molecule has 162 valence electrons. The van der Waals surface area contributed by atoms with Gasteiger partial charge in [-0.25, -0.2) is 8.42 Å². The molecule has 5 rings (SSSR count). The van der Waals surface area contributed by atoms with E-state index in [1.54, 1.807) is 48.5 Å². The van der Waals surface area contributed by atoms with Crippen molar-refractivity contribution >= 4 is 27.3 Å². The molecule has 0 aliphatic carbocycles. The molecule has 1 aliphatic heterocycles. The number of nitrogens with zero attached hydrogens (tertiary/aromatic N) is 1. The van der Waals surface area contributed by atoms with Crippen molar-refractivity contribution < 1.29 is 22.3 Å². The minimum atomic E-state index is -3.94. The monoisotopic (exact) mass is 468 g/mol. The van der Waals surface area contributed by atoms with Crippen molar-refractivity contribution in [2.24, 2.45) is 0 Å². The Balaban J connectivity index is 1.53. The summed E-state index contributed by atoms with van der Waals surface area (Å²) < 4.78 is 43.2. The molecular weight excluding hydrogens is 452 g/mol. The summed E-state index contributed by atoms with van der Waals surface area (Å²) >= 11 is 6.28. The van der Waals surface area contributed by atoms with E-state index in [1.807, 2.05) is 12.1 Å². The van der Waals surface area contributed by atoms with Gasteiger partial charge in [0.1, 0.15) is 0 Å². The van der Waals surface area contributed by atoms with Gasteiger partial charge in [0.05, 0.1) is 15.5 Å². The maximum atomic E-state index is 13.3. The van der Waals surface area contributed by atoms with Gasteiger partial charge in [0.15, 0.2) is 11.5 Å². The third-order valence-corrected chi connectivity index (χ3v) is 6.91. The van der Waals surface area contributed by atoms with E-state index in [-0.39, 0.29) is 35.0 Å². The molecule has 0 amide bonds. The van der Waals surface area contributed by atoms with E-state index in [4.69, 9.17) is 25.5 Å². The molecule has 0 spiro atoms. The molecule has 3 aromatic carbocycles. The summed E-state index contributed by atoms with van der Waals surface area (Å²) in [5.74, 6) is 1.44. The number of ether oxygens (including phenoxy) is 2. The predicted molar refractivity (Wildman–Crippen MR) is 119 cm³/mol. The zero-order valence-electron chi connectivity index (χ0n) is 16.6. The van der Waals surface area contributed by atoms with Crippen LogP contribution in [0.2, 0.25) is 5.02 Å². The number of hydrogen-bond donors (Lipinski definition) is 1. The number of oxazole rings is 1. The van der Waals surface area contributed by atoms with Crippen LogP contribution in [0.4, 0.5) is 5.88 Å². The maximum Gasteiger partial charge on any atom is 0.234 e. The Kier molecular flexibility index (Phi) is 5.24. The molecule has 0 saturated heterocycles. The molecule has 1 aromatic heterocycles. The quantitative estimate of drug-likeness (QED) is 0.417. The fraction of sp³-hybridized carbons (Fsp3) is 0.0870. The standard InChI is InChI=1S/C23H17ClN2O5S/c24-18-9-5-4-8-17(18)21-26-23(32(27,28)16-6-2-1-3-7-16)22(31-21)25-13-15-10-11-19-20(12-15)30-14-29-19/h1-12,25H,13-14H2. The molecule has 4 aromatic rings. The molecule has 7 nitrogen and oxygen atoms in total. The lowest BCUT2D eigenvalue weighted by atomic mass is 10.2. The van der Waals surface area contributed by atoms with Crippen LogP contribution in [0.3, 0.4) is 0 Å². The summed E-state index contributed by atoms with van der Waals surface area (Å²) in [5, 5.41) is 3.25. The van der Waals surface area contributed by atoms with Crippen molar-refractivity contribution in [2.45, 2.75) is 16.5 Å². The molecule has 32 heavy (non-hydrogen) atoms. The van der Waals surface area contributed by atoms with Crippen LogP contribution in [-0.4, -0.2) is 20.2 Å². The third kappa shape index (κ3) is 3.79. The van der Waals surface area contributed by atoms with Crippen LogP contribution in [0.1, 0.15) is 5.56 Å². The highest BCUT2D eigenvalue weighted by atomic mass is 35.5. The zero-order chi connectivity index (χ0) is 22.1. The minimum absolute atomic E-state index is 0.0291. The Bertz CT molecular complexity index is 1390. The third-order valence-electron chi connectivity index (χ3n) is 4.90. The number of hydrogen-bond acceptors (Lipinski definition) is 7. The molecule has 9 heteroatoms. The van der Waals surface area contributed by atoms with Crippen LogP contribution >= 0.6 is 11.6 Å². The molecule has 0 fully saturated rings. The van der Waals surface area contributed by atoms with Crippen molar-refractivity contribution in [3.63, 3.8) is 0 Å². The van der Waals surface area contributed by atoms with E-state index < -0.39 is 9.84 Å². The first kappa shape index (κ1) is 20.4. The number of anilines is 1. The fourth-order valence-electron chi connectivity index (χ4n) is 3.29. The van der Waals surface area contributed by atoms with E-state index in [9.17, 15) is 8.42 Å². The Hall–Kier alpha value is -3.49. The summed E-state index contributed by atoms with van der Waals surface area (Å²) in [7, 11) is -3.94. The topological polar surface area (TPSA) is 90.7 Å². The van der Waals surface area contributed by atoms with Crippen LogP contribution in [-0.2, 0) is 16.4 Å². The first-order chi connectivity index (χ1) is 15.5. The van der Waals surface area contributed by atoms with Crippen molar-refractivity contribution in [2.75, 3.05) is 12.1 Å². The maximum absolute atomic E-state index is 13.3. The summed E-state index contributed by atoms with van der Waals surface area (Å²) in [5.41, 5.74) is 1.35. The normalized spacial score (nSPS) is 12.7. The van der Waals surface area contributed by atoms with Gasteiger partial charge in [0, 0.05) is 6.54 Å². The van der Waals surface area contributed by atoms with E-state index in [2.05, 4.69) is 10.3 Å². The first-order valence-electron chi connectivity index (χ1n) is 9.70. The number of rotatable bonds is 6. The van der Waals surface area contributed by atoms with E-state index in [0.717, 1.165) is 5.56 Å². The van der Waals surface area contributed by atoms with Gasteiger partial charge in [-0.3, -0.25) is 0 Å². The van der Waals surface area contributed by atoms with Gasteiger partial charge in [-0.15, -0.1) is 0 Å². The molecular formula is C23H17ClN2O5S. The van der Waals surface area contributed by atoms with Crippen LogP contribution in [0.25, 0.3) is 11.5 Å². The molecule has 0 unspecified atom stereocenters. The van der Waals surface area contributed by atoms with Gasteiger partial charge in [-0.2, -0.15) is 4.98 Å². The Labute approximate surface area is 189 Å². The molecule has 0 radical (unpaired) electrons. The van der Waals surface area contributed by atoms with Crippen molar-refractivity contribution in [1.29, 1.82) is 0 Å². The number of benzene rings is 3. The van der Waals surface area contributed by atoms with E-state index in [0.29, 0.717) is 22.1 Å². The Morgan fingerprint density at radius 1 is 0.938 bits per heavy atom. The molecule has 1 aliphatic rings. The van der Waals surface area contributed by atoms with Gasteiger partial charge >= 0.3 is 0 Å². The minimum Gasteiger partial charge on any atom is -0.454 e. The van der Waals surface area contributed by atoms with E-state index in [1.165, 1.54) is 12.1 Å². The molecule has 1 N–H and O–H groups in total. The largest absolute Gasteiger partial charge is 0.454 e. The van der Waals surface area contributed by atoms with E-state index >= 15 is 0 Å². The highest BCUT2D eigenvalue weighted by Gasteiger charge is 2.29. The lowest BCUT2D eigenvalue weighted by molar-refractivity contribution is 0.174. The van der Waals surface area contributed by atoms with Crippen LogP contribution < -0.4 is 14.8 Å². The van der Waals surface area contributed by atoms with Crippen LogP contribution in [0.15, 0.2) is 87.1 Å². The molecule has 0 bridgehead atoms. The van der Waals surface area contributed by atoms with Crippen LogP contribution in [0.5, 0.6) is 11.5 Å². The lowest BCUT2D eigenvalue weighted by Crippen LogP contribution is -2.07. The van der Waals surface area contributed by atoms with Crippen LogP contribution in [0, 0.1) is 0 Å². The van der Waals surface area contributed by atoms with Gasteiger partial charge in [0.25, 0.3) is 0 Å². The highest BCUT2D eigenvalue weighted by Crippen LogP contribution is 2.36. The average Bonchev–Trinajstić information content (AvgIpc) is 3.45.